The number of ether oxygens (including phenoxy) is 1. The van der Waals surface area contributed by atoms with Crippen molar-refractivity contribution in [2.45, 2.75) is 69.6 Å². The Morgan fingerprint density at radius 3 is 2.59 bits per heavy atom. The number of fused-ring (bicyclic) bond motifs is 5. The number of pyridine rings is 1. The highest BCUT2D eigenvalue weighted by atomic mass is 35.5. The number of carbonyl (C=O) groups is 1. The molecule has 3 saturated heterocycles. The number of nitriles is 1. The Balaban J connectivity index is 1.39. The van der Waals surface area contributed by atoms with Crippen LogP contribution in [-0.4, -0.2) is 86.9 Å². The lowest BCUT2D eigenvalue weighted by molar-refractivity contribution is 0.0209. The van der Waals surface area contributed by atoms with Gasteiger partial charge in [0.1, 0.15) is 28.2 Å². The van der Waals surface area contributed by atoms with Gasteiger partial charge in [0, 0.05) is 49.0 Å². The number of aromatic nitrogens is 3. The van der Waals surface area contributed by atoms with E-state index in [4.69, 9.17) is 26.3 Å². The third kappa shape index (κ3) is 5.42. The summed E-state index contributed by atoms with van der Waals surface area (Å²) < 4.78 is 25.6. The lowest BCUT2D eigenvalue weighted by Gasteiger charge is -2.43. The maximum Gasteiger partial charge on any atom is 0.410 e. The summed E-state index contributed by atoms with van der Waals surface area (Å²) in [6, 6.07) is 15.1. The highest BCUT2D eigenvalue weighted by molar-refractivity contribution is 6.17. The molecule has 264 valence electrons. The zero-order valence-electron chi connectivity index (χ0n) is 29.5. The van der Waals surface area contributed by atoms with E-state index in [-0.39, 0.29) is 47.7 Å². The molecule has 1 saturated carbocycles. The number of alkyl halides is 1. The van der Waals surface area contributed by atoms with Gasteiger partial charge in [0.2, 0.25) is 0 Å². The minimum Gasteiger partial charge on any atom is -0.508 e. The van der Waals surface area contributed by atoms with Crippen molar-refractivity contribution in [1.29, 1.82) is 5.26 Å². The van der Waals surface area contributed by atoms with Crippen LogP contribution in [0, 0.1) is 23.1 Å². The average molecular weight is 710 g/mol. The number of likely N-dealkylation sites (N-methyl/N-ethyl adjacent to an activating group) is 1. The molecule has 3 aromatic carbocycles. The summed E-state index contributed by atoms with van der Waals surface area (Å²) in [5.74, 6) is 1.00. The van der Waals surface area contributed by atoms with Crippen molar-refractivity contribution in [3.05, 3.63) is 59.7 Å². The van der Waals surface area contributed by atoms with Crippen LogP contribution in [0.5, 0.6) is 5.75 Å². The Bertz CT molecular complexity index is 2270. The van der Waals surface area contributed by atoms with Crippen molar-refractivity contribution in [3.63, 3.8) is 0 Å². The molecule has 0 spiro atoms. The van der Waals surface area contributed by atoms with E-state index in [2.05, 4.69) is 20.4 Å². The van der Waals surface area contributed by atoms with Crippen LogP contribution in [0.15, 0.2) is 42.5 Å². The standard InChI is InChI=1S/C39H41ClFN7O3/c1-39(2,3)51-38(50)47-18-23-15-29(47)35(23)48-30(17-40)43-34-36(48)28-14-22(10-8-12-42)31(27-16-25(49)13-21-9-6-7-11-26(21)27)32(41)33(28)44-37(34)46-19-24(20-46)45(4)5/h6-7,9,11,13-14,16,23-24,29,35,49H,8,10,15,17-20H2,1-5H3/t23-,29-,35+/m1/s1. The molecule has 12 heteroatoms. The van der Waals surface area contributed by atoms with E-state index in [1.165, 1.54) is 0 Å². The first-order valence-electron chi connectivity index (χ1n) is 17.5. The number of phenols is 1. The van der Waals surface area contributed by atoms with Crippen LogP contribution in [0.2, 0.25) is 0 Å². The number of nitrogens with zero attached hydrogens (tertiary/aromatic N) is 7. The minimum atomic E-state index is -0.628. The van der Waals surface area contributed by atoms with Crippen molar-refractivity contribution >= 4 is 56.2 Å². The van der Waals surface area contributed by atoms with Gasteiger partial charge in [-0.05, 0) is 87.8 Å². The van der Waals surface area contributed by atoms with Gasteiger partial charge in [-0.1, -0.05) is 24.3 Å². The molecule has 4 fully saturated rings. The number of hydrogen-bond donors (Lipinski definition) is 1. The van der Waals surface area contributed by atoms with E-state index in [9.17, 15) is 15.2 Å². The van der Waals surface area contributed by atoms with Crippen LogP contribution in [0.3, 0.4) is 0 Å². The molecule has 5 heterocycles. The normalized spacial score (nSPS) is 20.3. The predicted octanol–water partition coefficient (Wildman–Crippen LogP) is 7.37. The molecule has 1 aliphatic carbocycles. The number of halogens is 2. The molecule has 51 heavy (non-hydrogen) atoms. The molecular formula is C39H41ClFN7O3. The first-order chi connectivity index (χ1) is 24.4. The summed E-state index contributed by atoms with van der Waals surface area (Å²) >= 11 is 6.67. The minimum absolute atomic E-state index is 0.0219. The van der Waals surface area contributed by atoms with Crippen LogP contribution in [-0.2, 0) is 17.0 Å². The molecule has 5 aromatic rings. The number of amides is 1. The van der Waals surface area contributed by atoms with Gasteiger partial charge in [-0.3, -0.25) is 0 Å². The van der Waals surface area contributed by atoms with Crippen LogP contribution >= 0.6 is 11.6 Å². The summed E-state index contributed by atoms with van der Waals surface area (Å²) in [5, 5.41) is 22.6. The number of carbonyl (C=O) groups excluding carboxylic acids is 1. The van der Waals surface area contributed by atoms with Crippen LogP contribution in [0.4, 0.5) is 15.0 Å². The third-order valence-corrected chi connectivity index (χ3v) is 11.0. The fraction of sp³-hybridized carbons (Fsp3) is 0.436. The van der Waals surface area contributed by atoms with Crippen LogP contribution < -0.4 is 4.90 Å². The number of rotatable bonds is 7. The summed E-state index contributed by atoms with van der Waals surface area (Å²) in [7, 11) is 4.09. The molecule has 9 rings (SSSR count). The highest BCUT2D eigenvalue weighted by Gasteiger charge is 2.56. The maximum atomic E-state index is 17.6. The first-order valence-corrected chi connectivity index (χ1v) is 18.0. The lowest BCUT2D eigenvalue weighted by Crippen LogP contribution is -2.57. The molecule has 1 amide bonds. The number of aryl methyl sites for hydroxylation is 1. The third-order valence-electron chi connectivity index (χ3n) is 10.8. The second kappa shape index (κ2) is 12.2. The number of imidazole rings is 1. The van der Waals surface area contributed by atoms with Crippen LogP contribution in [0.1, 0.15) is 51.0 Å². The first kappa shape index (κ1) is 33.5. The van der Waals surface area contributed by atoms with Gasteiger partial charge in [0.15, 0.2) is 11.6 Å². The summed E-state index contributed by atoms with van der Waals surface area (Å²) in [4.78, 5) is 29.6. The fourth-order valence-electron chi connectivity index (χ4n) is 8.31. The van der Waals surface area contributed by atoms with Crippen molar-refractivity contribution in [2.24, 2.45) is 5.92 Å². The van der Waals surface area contributed by atoms with Gasteiger partial charge in [0.25, 0.3) is 0 Å². The van der Waals surface area contributed by atoms with Gasteiger partial charge < -0.3 is 29.1 Å². The number of phenolic OH excluding ortho intramolecular Hbond substituents is 1. The van der Waals surface area contributed by atoms with Gasteiger partial charge in [-0.25, -0.2) is 19.2 Å². The quantitative estimate of drug-likeness (QED) is 0.175. The van der Waals surface area contributed by atoms with E-state index in [0.717, 1.165) is 22.7 Å². The van der Waals surface area contributed by atoms with Crippen LogP contribution in [0.25, 0.3) is 43.8 Å². The second-order valence-electron chi connectivity index (χ2n) is 15.4. The zero-order chi connectivity index (χ0) is 35.9. The van der Waals surface area contributed by atoms with Gasteiger partial charge >= 0.3 is 6.09 Å². The largest absolute Gasteiger partial charge is 0.508 e. The molecule has 1 N–H and O–H groups in total. The molecule has 0 unspecified atom stereocenters. The Kier molecular flexibility index (Phi) is 8.04. The lowest BCUT2D eigenvalue weighted by atomic mass is 9.79. The maximum absolute atomic E-state index is 17.6. The number of benzene rings is 3. The molecule has 0 radical (unpaired) electrons. The highest BCUT2D eigenvalue weighted by Crippen LogP contribution is 2.53. The van der Waals surface area contributed by atoms with Crippen molar-refractivity contribution in [3.8, 4) is 22.9 Å². The van der Waals surface area contributed by atoms with Gasteiger partial charge in [-0.2, -0.15) is 5.26 Å². The fourth-order valence-corrected chi connectivity index (χ4v) is 8.50. The Hall–Kier alpha value is -4.66. The predicted molar refractivity (Wildman–Crippen MR) is 197 cm³/mol. The molecule has 3 atom stereocenters. The average Bonchev–Trinajstić information content (AvgIpc) is 3.75. The Morgan fingerprint density at radius 2 is 1.88 bits per heavy atom. The van der Waals surface area contributed by atoms with Gasteiger partial charge in [-0.15, -0.1) is 11.6 Å². The topological polar surface area (TPSA) is 111 Å². The van der Waals surface area contributed by atoms with E-state index in [1.807, 2.05) is 70.1 Å². The molecule has 2 bridgehead atoms. The number of aromatic hydroxyl groups is 1. The van der Waals surface area contributed by atoms with E-state index >= 15 is 4.39 Å². The van der Waals surface area contributed by atoms with Crippen molar-refractivity contribution in [1.82, 2.24) is 24.3 Å². The van der Waals surface area contributed by atoms with E-state index in [0.29, 0.717) is 71.3 Å². The molecule has 10 nitrogen and oxygen atoms in total. The van der Waals surface area contributed by atoms with E-state index < -0.39 is 11.4 Å². The Labute approximate surface area is 301 Å². The molecule has 2 aromatic heterocycles. The number of hydrogen-bond acceptors (Lipinski definition) is 8. The smallest absolute Gasteiger partial charge is 0.410 e. The molecular weight excluding hydrogens is 669 g/mol. The number of anilines is 1. The van der Waals surface area contributed by atoms with Crippen molar-refractivity contribution in [2.75, 3.05) is 38.6 Å². The summed E-state index contributed by atoms with van der Waals surface area (Å²) in [6.45, 7) is 7.55. The summed E-state index contributed by atoms with van der Waals surface area (Å²) in [6.07, 6.45) is 0.950. The SMILES string of the molecule is CN(C)C1CN(c2nc3c(F)c(-c4cc(O)cc5ccccc45)c(CCC#N)cc3c3c2nc(CCl)n3[C@H]2[C@@H]3C[C@H]2N(C(=O)OC(C)(C)C)C3)C1. The Morgan fingerprint density at radius 1 is 1.12 bits per heavy atom. The van der Waals surface area contributed by atoms with Gasteiger partial charge in [0.05, 0.1) is 29.5 Å². The molecule has 4 aliphatic rings. The monoisotopic (exact) mass is 709 g/mol. The molecule has 3 aliphatic heterocycles. The second-order valence-corrected chi connectivity index (χ2v) is 15.6. The van der Waals surface area contributed by atoms with Crippen molar-refractivity contribution < 1.29 is 19.0 Å². The zero-order valence-corrected chi connectivity index (χ0v) is 30.2. The summed E-state index contributed by atoms with van der Waals surface area (Å²) in [5.41, 5.74) is 2.43. The van der Waals surface area contributed by atoms with E-state index in [1.54, 1.807) is 12.1 Å².